The van der Waals surface area contributed by atoms with Gasteiger partial charge in [-0.2, -0.15) is 0 Å². The maximum atomic E-state index is 13.2. The number of Topliss-reactive ketones (excluding diaryl/α,β-unsaturated/α-hetero) is 1. The number of benzene rings is 2. The lowest BCUT2D eigenvalue weighted by Crippen LogP contribution is -2.41. The molecule has 5 heteroatoms. The Labute approximate surface area is 169 Å². The van der Waals surface area contributed by atoms with Gasteiger partial charge in [-0.25, -0.2) is 0 Å². The predicted molar refractivity (Wildman–Crippen MR) is 109 cm³/mol. The summed E-state index contributed by atoms with van der Waals surface area (Å²) in [6.45, 7) is 2.32. The molecule has 2 aromatic carbocycles. The van der Waals surface area contributed by atoms with E-state index in [1.54, 1.807) is 0 Å². The van der Waals surface area contributed by atoms with Gasteiger partial charge in [-0.3, -0.25) is 9.59 Å². The van der Waals surface area contributed by atoms with E-state index < -0.39 is 0 Å². The Morgan fingerprint density at radius 1 is 0.964 bits per heavy atom. The monoisotopic (exact) mass is 395 g/mol. The molecule has 1 aliphatic heterocycles. The summed E-state index contributed by atoms with van der Waals surface area (Å²) in [4.78, 5) is 28.1. The molecular weight excluding hydrogens is 374 g/mol. The first-order valence-electron chi connectivity index (χ1n) is 9.56. The van der Waals surface area contributed by atoms with E-state index in [1.165, 1.54) is 0 Å². The molecule has 0 radical (unpaired) electrons. The zero-order chi connectivity index (χ0) is 19.5. The highest BCUT2D eigenvalue weighted by Crippen LogP contribution is 2.41. The molecule has 4 rings (SSSR count). The second-order valence-corrected chi connectivity index (χ2v) is 7.65. The second kappa shape index (κ2) is 8.29. The van der Waals surface area contributed by atoms with Gasteiger partial charge in [-0.05, 0) is 24.1 Å². The van der Waals surface area contributed by atoms with Crippen molar-refractivity contribution in [3.63, 3.8) is 0 Å². The second-order valence-electron chi connectivity index (χ2n) is 7.21. The fraction of sp³-hybridized carbons (Fsp3) is 0.304. The first-order chi connectivity index (χ1) is 13.6. The number of amides is 1. The SMILES string of the molecule is O=C(c1ccccc1)[C@H]1CC(C(=O)N2CCOCC2)=C[C@@H]1c1ccc(Cl)cc1. The van der Waals surface area contributed by atoms with E-state index in [0.29, 0.717) is 43.3 Å². The smallest absolute Gasteiger partial charge is 0.249 e. The van der Waals surface area contributed by atoms with Crippen molar-refractivity contribution >= 4 is 23.3 Å². The van der Waals surface area contributed by atoms with Crippen molar-refractivity contribution in [2.24, 2.45) is 5.92 Å². The minimum absolute atomic E-state index is 0.0191. The van der Waals surface area contributed by atoms with Crippen LogP contribution in [0.5, 0.6) is 0 Å². The summed E-state index contributed by atoms with van der Waals surface area (Å²) in [6, 6.07) is 16.8. The summed E-state index contributed by atoms with van der Waals surface area (Å²) in [5, 5.41) is 0.654. The Hall–Kier alpha value is -2.43. The standard InChI is InChI=1S/C23H22ClNO3/c24-19-8-6-16(7-9-19)20-14-18(23(27)25-10-12-28-13-11-25)15-21(20)22(26)17-4-2-1-3-5-17/h1-9,14,20-21H,10-13,15H2/t20-,21+/m1/s1. The molecular formula is C23H22ClNO3. The van der Waals surface area contributed by atoms with E-state index in [0.717, 1.165) is 11.1 Å². The molecule has 0 saturated carbocycles. The number of halogens is 1. The molecule has 4 nitrogen and oxygen atoms in total. The number of hydrogen-bond donors (Lipinski definition) is 0. The van der Waals surface area contributed by atoms with Crippen molar-refractivity contribution in [3.05, 3.63) is 82.4 Å². The van der Waals surface area contributed by atoms with Crippen molar-refractivity contribution < 1.29 is 14.3 Å². The predicted octanol–water partition coefficient (Wildman–Crippen LogP) is 4.11. The van der Waals surface area contributed by atoms with Crippen molar-refractivity contribution in [1.82, 2.24) is 4.90 Å². The van der Waals surface area contributed by atoms with Crippen molar-refractivity contribution in [2.75, 3.05) is 26.3 Å². The number of morpholine rings is 1. The average molecular weight is 396 g/mol. The Kier molecular flexibility index (Phi) is 5.60. The molecule has 1 heterocycles. The van der Waals surface area contributed by atoms with Crippen molar-refractivity contribution in [2.45, 2.75) is 12.3 Å². The quantitative estimate of drug-likeness (QED) is 0.732. The summed E-state index contributed by atoms with van der Waals surface area (Å²) in [7, 11) is 0. The molecule has 0 unspecified atom stereocenters. The number of hydrogen-bond acceptors (Lipinski definition) is 3. The van der Waals surface area contributed by atoms with E-state index in [9.17, 15) is 9.59 Å². The van der Waals surface area contributed by atoms with Crippen LogP contribution < -0.4 is 0 Å². The van der Waals surface area contributed by atoms with E-state index in [2.05, 4.69) is 0 Å². The number of rotatable bonds is 4. The molecule has 2 aliphatic rings. The molecule has 2 atom stereocenters. The number of allylic oxidation sites excluding steroid dienone is 1. The molecule has 1 saturated heterocycles. The highest BCUT2D eigenvalue weighted by molar-refractivity contribution is 6.30. The van der Waals surface area contributed by atoms with Gasteiger partial charge in [0, 0.05) is 41.1 Å². The van der Waals surface area contributed by atoms with Crippen LogP contribution in [0.2, 0.25) is 5.02 Å². The lowest BCUT2D eigenvalue weighted by atomic mass is 9.83. The van der Waals surface area contributed by atoms with Gasteiger partial charge in [0.2, 0.25) is 5.91 Å². The minimum Gasteiger partial charge on any atom is -0.378 e. The first-order valence-corrected chi connectivity index (χ1v) is 9.94. The van der Waals surface area contributed by atoms with Crippen LogP contribution in [-0.2, 0) is 9.53 Å². The number of nitrogens with zero attached hydrogens (tertiary/aromatic N) is 1. The van der Waals surface area contributed by atoms with Crippen LogP contribution in [0.4, 0.5) is 0 Å². The minimum atomic E-state index is -0.288. The number of ketones is 1. The normalized spacial score (nSPS) is 22.0. The zero-order valence-electron chi connectivity index (χ0n) is 15.5. The van der Waals surface area contributed by atoms with Crippen LogP contribution in [0.25, 0.3) is 0 Å². The first kappa shape index (κ1) is 18.9. The topological polar surface area (TPSA) is 46.6 Å². The zero-order valence-corrected chi connectivity index (χ0v) is 16.3. The number of ether oxygens (including phenoxy) is 1. The highest BCUT2D eigenvalue weighted by Gasteiger charge is 2.38. The van der Waals surface area contributed by atoms with Gasteiger partial charge in [0.05, 0.1) is 13.2 Å². The molecule has 0 aromatic heterocycles. The van der Waals surface area contributed by atoms with Crippen LogP contribution in [0.1, 0.15) is 28.3 Å². The molecule has 28 heavy (non-hydrogen) atoms. The van der Waals surface area contributed by atoms with Crippen LogP contribution >= 0.6 is 11.6 Å². The Balaban J connectivity index is 1.64. The van der Waals surface area contributed by atoms with Crippen molar-refractivity contribution in [3.8, 4) is 0 Å². The summed E-state index contributed by atoms with van der Waals surface area (Å²) in [5.74, 6) is -0.333. The van der Waals surface area contributed by atoms with Gasteiger partial charge in [0.1, 0.15) is 0 Å². The lowest BCUT2D eigenvalue weighted by Gasteiger charge is -2.27. The molecule has 1 amide bonds. The van der Waals surface area contributed by atoms with E-state index >= 15 is 0 Å². The van der Waals surface area contributed by atoms with Crippen molar-refractivity contribution in [1.29, 1.82) is 0 Å². The fourth-order valence-electron chi connectivity index (χ4n) is 3.98. The van der Waals surface area contributed by atoms with E-state index in [4.69, 9.17) is 16.3 Å². The maximum absolute atomic E-state index is 13.2. The molecule has 0 bridgehead atoms. The van der Waals surface area contributed by atoms with Crippen LogP contribution in [0.15, 0.2) is 66.2 Å². The van der Waals surface area contributed by atoms with Gasteiger partial charge in [0.25, 0.3) is 0 Å². The lowest BCUT2D eigenvalue weighted by molar-refractivity contribution is -0.131. The Morgan fingerprint density at radius 3 is 2.32 bits per heavy atom. The maximum Gasteiger partial charge on any atom is 0.249 e. The average Bonchev–Trinajstić information content (AvgIpc) is 3.20. The Morgan fingerprint density at radius 2 is 1.64 bits per heavy atom. The third-order valence-electron chi connectivity index (χ3n) is 5.48. The fourth-order valence-corrected chi connectivity index (χ4v) is 4.10. The molecule has 0 N–H and O–H groups in total. The largest absolute Gasteiger partial charge is 0.378 e. The van der Waals surface area contributed by atoms with Crippen LogP contribution in [-0.4, -0.2) is 42.9 Å². The van der Waals surface area contributed by atoms with Crippen LogP contribution in [0.3, 0.4) is 0 Å². The van der Waals surface area contributed by atoms with E-state index in [-0.39, 0.29) is 23.5 Å². The summed E-state index contributed by atoms with van der Waals surface area (Å²) >= 11 is 6.04. The third kappa shape index (κ3) is 3.89. The van der Waals surface area contributed by atoms with E-state index in [1.807, 2.05) is 65.6 Å². The molecule has 1 fully saturated rings. The molecule has 144 valence electrons. The summed E-state index contributed by atoms with van der Waals surface area (Å²) < 4.78 is 5.35. The molecule has 0 spiro atoms. The van der Waals surface area contributed by atoms with Crippen LogP contribution in [0, 0.1) is 5.92 Å². The highest BCUT2D eigenvalue weighted by atomic mass is 35.5. The number of carbonyl (C=O) groups is 2. The van der Waals surface area contributed by atoms with Gasteiger partial charge in [-0.1, -0.05) is 60.1 Å². The Bertz CT molecular complexity index is 886. The summed E-state index contributed by atoms with van der Waals surface area (Å²) in [5.41, 5.74) is 2.40. The van der Waals surface area contributed by atoms with Gasteiger partial charge in [-0.15, -0.1) is 0 Å². The number of carbonyl (C=O) groups excluding carboxylic acids is 2. The van der Waals surface area contributed by atoms with Gasteiger partial charge < -0.3 is 9.64 Å². The molecule has 1 aliphatic carbocycles. The van der Waals surface area contributed by atoms with Gasteiger partial charge >= 0.3 is 0 Å². The van der Waals surface area contributed by atoms with Gasteiger partial charge in [0.15, 0.2) is 5.78 Å². The molecule has 2 aromatic rings. The third-order valence-corrected chi connectivity index (χ3v) is 5.73. The summed E-state index contributed by atoms with van der Waals surface area (Å²) in [6.07, 6.45) is 2.43.